The predicted octanol–water partition coefficient (Wildman–Crippen LogP) is 8.67. The lowest BCUT2D eigenvalue weighted by Gasteiger charge is -2.12. The fraction of sp³-hybridized carbons (Fsp3) is 0.120. The van der Waals surface area contributed by atoms with Crippen molar-refractivity contribution in [2.24, 2.45) is 4.99 Å². The average molecular weight is 777 g/mol. The van der Waals surface area contributed by atoms with Gasteiger partial charge in [0.05, 0.1) is 19.5 Å². The number of ether oxygens (including phenoxy) is 1. The molecule has 34 heavy (non-hydrogen) atoms. The van der Waals surface area contributed by atoms with Crippen LogP contribution in [0.3, 0.4) is 0 Å². The maximum atomic E-state index is 12.6. The Labute approximate surface area is 241 Å². The van der Waals surface area contributed by atoms with E-state index in [1.807, 2.05) is 56.3 Å². The Bertz CT molecular complexity index is 1290. The normalized spacial score (nSPS) is 15.8. The van der Waals surface area contributed by atoms with Gasteiger partial charge in [-0.05, 0) is 145 Å². The molecule has 4 nitrogen and oxygen atoms in total. The molecule has 4 rings (SSSR count). The molecule has 1 fully saturated rings. The van der Waals surface area contributed by atoms with Gasteiger partial charge in [0.2, 0.25) is 0 Å². The number of rotatable bonds is 5. The number of halogens is 4. The standard InChI is InChI=1S/C25H18Br3IN2O2S/c1-13-7-18(8-14(2)22(13)28)30-25-31-24(32)21(34-25)11-16-9-19(26)23(20(27)10-16)33-12-15-3-5-17(29)6-4-15/h3-11H,12H2,1-2H3,(H,30,31,32)/b21-11-. The zero-order chi connectivity index (χ0) is 24.4. The summed E-state index contributed by atoms with van der Waals surface area (Å²) >= 11 is 14.4. The van der Waals surface area contributed by atoms with Gasteiger partial charge < -0.3 is 10.1 Å². The van der Waals surface area contributed by atoms with E-state index in [0.717, 1.165) is 41.4 Å². The number of benzene rings is 3. The van der Waals surface area contributed by atoms with Crippen molar-refractivity contribution in [1.82, 2.24) is 5.32 Å². The number of aryl methyl sites for hydroxylation is 2. The van der Waals surface area contributed by atoms with Crippen LogP contribution in [0.15, 0.2) is 71.8 Å². The smallest absolute Gasteiger partial charge is 0.264 e. The van der Waals surface area contributed by atoms with Crippen molar-refractivity contribution in [2.45, 2.75) is 20.5 Å². The number of thioether (sulfide) groups is 1. The second-order valence-corrected chi connectivity index (χ2v) is 12.4. The number of nitrogens with zero attached hydrogens (tertiary/aromatic N) is 1. The molecule has 1 saturated heterocycles. The van der Waals surface area contributed by atoms with Gasteiger partial charge in [-0.2, -0.15) is 0 Å². The predicted molar refractivity (Wildman–Crippen MR) is 160 cm³/mol. The Morgan fingerprint density at radius 2 is 1.65 bits per heavy atom. The van der Waals surface area contributed by atoms with Crippen LogP contribution in [0.4, 0.5) is 5.69 Å². The molecule has 0 atom stereocenters. The van der Waals surface area contributed by atoms with Crippen molar-refractivity contribution < 1.29 is 9.53 Å². The molecule has 0 bridgehead atoms. The number of carbonyl (C=O) groups excluding carboxylic acids is 1. The summed E-state index contributed by atoms with van der Waals surface area (Å²) in [6, 6.07) is 16.1. The summed E-state index contributed by atoms with van der Waals surface area (Å²) in [7, 11) is 0. The molecule has 0 saturated carbocycles. The molecule has 0 unspecified atom stereocenters. The van der Waals surface area contributed by atoms with Crippen LogP contribution in [0.2, 0.25) is 0 Å². The SMILES string of the molecule is Cc1cc(N=C2NC(=O)/C(=C/c3cc(Br)c(OCc4ccc(I)cc4)c(Br)c3)S2)cc(C)c1Br. The van der Waals surface area contributed by atoms with Gasteiger partial charge in [-0.3, -0.25) is 4.79 Å². The summed E-state index contributed by atoms with van der Waals surface area (Å²) in [4.78, 5) is 17.7. The molecule has 174 valence electrons. The van der Waals surface area contributed by atoms with Crippen LogP contribution in [0, 0.1) is 17.4 Å². The first-order chi connectivity index (χ1) is 16.2. The second kappa shape index (κ2) is 11.3. The maximum absolute atomic E-state index is 12.6. The summed E-state index contributed by atoms with van der Waals surface area (Å²) in [5, 5.41) is 3.42. The zero-order valence-electron chi connectivity index (χ0n) is 18.1. The molecule has 3 aromatic carbocycles. The van der Waals surface area contributed by atoms with Gasteiger partial charge in [0.1, 0.15) is 12.4 Å². The first kappa shape index (κ1) is 25.9. The summed E-state index contributed by atoms with van der Waals surface area (Å²) in [6.45, 7) is 4.51. The van der Waals surface area contributed by atoms with E-state index in [1.165, 1.54) is 15.3 Å². The molecule has 0 spiro atoms. The molecular formula is C25H18Br3IN2O2S. The van der Waals surface area contributed by atoms with E-state index in [1.54, 1.807) is 0 Å². The molecule has 9 heteroatoms. The molecule has 1 heterocycles. The van der Waals surface area contributed by atoms with E-state index in [9.17, 15) is 4.79 Å². The third-order valence-corrected chi connectivity index (χ3v) is 8.98. The fourth-order valence-electron chi connectivity index (χ4n) is 3.27. The van der Waals surface area contributed by atoms with Crippen molar-refractivity contribution in [1.29, 1.82) is 0 Å². The largest absolute Gasteiger partial charge is 0.487 e. The number of carbonyl (C=O) groups is 1. The lowest BCUT2D eigenvalue weighted by atomic mass is 10.1. The van der Waals surface area contributed by atoms with Gasteiger partial charge in [-0.25, -0.2) is 4.99 Å². The Balaban J connectivity index is 1.51. The monoisotopic (exact) mass is 774 g/mol. The highest BCUT2D eigenvalue weighted by atomic mass is 127. The quantitative estimate of drug-likeness (QED) is 0.209. The minimum absolute atomic E-state index is 0.166. The molecule has 0 aromatic heterocycles. The van der Waals surface area contributed by atoms with Crippen molar-refractivity contribution in [3.8, 4) is 5.75 Å². The first-order valence-corrected chi connectivity index (χ1v) is 14.4. The first-order valence-electron chi connectivity index (χ1n) is 10.1. The van der Waals surface area contributed by atoms with Gasteiger partial charge in [-0.1, -0.05) is 28.1 Å². The van der Waals surface area contributed by atoms with Crippen LogP contribution in [-0.4, -0.2) is 11.1 Å². The van der Waals surface area contributed by atoms with Gasteiger partial charge in [-0.15, -0.1) is 0 Å². The molecule has 1 aliphatic rings. The van der Waals surface area contributed by atoms with E-state index >= 15 is 0 Å². The molecule has 1 amide bonds. The number of amidine groups is 1. The number of amides is 1. The topological polar surface area (TPSA) is 50.7 Å². The van der Waals surface area contributed by atoms with E-state index < -0.39 is 0 Å². The fourth-order valence-corrected chi connectivity index (χ4v) is 6.15. The molecular weight excluding hydrogens is 759 g/mol. The number of hydrogen-bond donors (Lipinski definition) is 1. The number of nitrogens with one attached hydrogen (secondary N) is 1. The highest BCUT2D eigenvalue weighted by Gasteiger charge is 2.24. The summed E-state index contributed by atoms with van der Waals surface area (Å²) in [5.41, 5.74) is 4.97. The van der Waals surface area contributed by atoms with Crippen molar-refractivity contribution in [2.75, 3.05) is 0 Å². The molecule has 0 aliphatic carbocycles. The third kappa shape index (κ3) is 6.34. The minimum Gasteiger partial charge on any atom is -0.487 e. The third-order valence-electron chi connectivity index (χ3n) is 4.92. The minimum atomic E-state index is -0.166. The Hall–Kier alpha value is -1.14. The molecule has 1 N–H and O–H groups in total. The number of hydrogen-bond acceptors (Lipinski definition) is 4. The summed E-state index contributed by atoms with van der Waals surface area (Å²) < 4.78 is 9.89. The van der Waals surface area contributed by atoms with Crippen molar-refractivity contribution in [3.05, 3.63) is 92.7 Å². The van der Waals surface area contributed by atoms with E-state index in [4.69, 9.17) is 4.74 Å². The molecule has 3 aromatic rings. The van der Waals surface area contributed by atoms with Crippen LogP contribution >= 0.6 is 82.1 Å². The van der Waals surface area contributed by atoms with E-state index in [0.29, 0.717) is 22.4 Å². The summed E-state index contributed by atoms with van der Waals surface area (Å²) in [6.07, 6.45) is 1.85. The van der Waals surface area contributed by atoms with Gasteiger partial charge in [0.15, 0.2) is 5.17 Å². The molecule has 1 aliphatic heterocycles. The van der Waals surface area contributed by atoms with Gasteiger partial charge >= 0.3 is 0 Å². The lowest BCUT2D eigenvalue weighted by molar-refractivity contribution is -0.115. The highest BCUT2D eigenvalue weighted by Crippen LogP contribution is 2.37. The second-order valence-electron chi connectivity index (χ2n) is 7.60. The van der Waals surface area contributed by atoms with E-state index in [2.05, 4.69) is 92.8 Å². The van der Waals surface area contributed by atoms with Gasteiger partial charge in [0.25, 0.3) is 5.91 Å². The van der Waals surface area contributed by atoms with Gasteiger partial charge in [0, 0.05) is 8.04 Å². The maximum Gasteiger partial charge on any atom is 0.264 e. The Morgan fingerprint density at radius 1 is 1.03 bits per heavy atom. The van der Waals surface area contributed by atoms with Crippen LogP contribution in [0.1, 0.15) is 22.3 Å². The van der Waals surface area contributed by atoms with Crippen LogP contribution in [-0.2, 0) is 11.4 Å². The van der Waals surface area contributed by atoms with E-state index in [-0.39, 0.29) is 5.91 Å². The van der Waals surface area contributed by atoms with Crippen LogP contribution < -0.4 is 10.1 Å². The lowest BCUT2D eigenvalue weighted by Crippen LogP contribution is -2.19. The van der Waals surface area contributed by atoms with Crippen molar-refractivity contribution in [3.63, 3.8) is 0 Å². The summed E-state index contributed by atoms with van der Waals surface area (Å²) in [5.74, 6) is 0.549. The van der Waals surface area contributed by atoms with Crippen LogP contribution in [0.25, 0.3) is 6.08 Å². The highest BCUT2D eigenvalue weighted by molar-refractivity contribution is 14.1. The average Bonchev–Trinajstić information content (AvgIpc) is 3.11. The number of aliphatic imine (C=N–C) groups is 1. The molecule has 0 radical (unpaired) electrons. The van der Waals surface area contributed by atoms with Crippen molar-refractivity contribution >= 4 is 105 Å². The Kier molecular flexibility index (Phi) is 8.61. The van der Waals surface area contributed by atoms with Crippen LogP contribution in [0.5, 0.6) is 5.75 Å². The Morgan fingerprint density at radius 3 is 2.26 bits per heavy atom. The zero-order valence-corrected chi connectivity index (χ0v) is 25.8.